The summed E-state index contributed by atoms with van der Waals surface area (Å²) in [5.41, 5.74) is 0.937. The van der Waals surface area contributed by atoms with E-state index in [0.717, 1.165) is 5.56 Å². The lowest BCUT2D eigenvalue weighted by Crippen LogP contribution is -2.45. The van der Waals surface area contributed by atoms with E-state index in [1.165, 1.54) is 0 Å². The van der Waals surface area contributed by atoms with Crippen molar-refractivity contribution in [2.24, 2.45) is 0 Å². The van der Waals surface area contributed by atoms with E-state index in [2.05, 4.69) is 21.6 Å². The van der Waals surface area contributed by atoms with Crippen molar-refractivity contribution in [3.8, 4) is 6.07 Å². The molecule has 0 radical (unpaired) electrons. The normalized spacial score (nSPS) is 11.1. The largest absolute Gasteiger partial charge is 0.394 e. The number of nitrogens with zero attached hydrogens (tertiary/aromatic N) is 3. The van der Waals surface area contributed by atoms with E-state index in [4.69, 9.17) is 5.26 Å². The van der Waals surface area contributed by atoms with Gasteiger partial charge in [-0.1, -0.05) is 6.92 Å². The molecular weight excluding hydrogens is 232 g/mol. The van der Waals surface area contributed by atoms with Gasteiger partial charge in [0.2, 0.25) is 0 Å². The van der Waals surface area contributed by atoms with Gasteiger partial charge in [0.05, 0.1) is 24.4 Å². The van der Waals surface area contributed by atoms with E-state index in [9.17, 15) is 10.2 Å². The van der Waals surface area contributed by atoms with Crippen LogP contribution in [-0.2, 0) is 0 Å². The summed E-state index contributed by atoms with van der Waals surface area (Å²) in [4.78, 5) is 0. The number of hydrogen-bond donors (Lipinski definition) is 3. The standard InChI is InChI=1S/C12H18N4O2/c1-4-12(6-17,7-18)14-11-10(5-13)8(2)9(3)15-16-11/h17-18H,4,6-7H2,1-3H3,(H,14,16). The molecule has 6 heteroatoms. The Balaban J connectivity index is 3.20. The maximum atomic E-state index is 9.37. The highest BCUT2D eigenvalue weighted by molar-refractivity contribution is 5.57. The fraction of sp³-hybridized carbons (Fsp3) is 0.583. The molecule has 0 atom stereocenters. The van der Waals surface area contributed by atoms with E-state index in [0.29, 0.717) is 23.5 Å². The monoisotopic (exact) mass is 250 g/mol. The molecule has 0 unspecified atom stereocenters. The average Bonchev–Trinajstić information content (AvgIpc) is 2.40. The lowest BCUT2D eigenvalue weighted by Gasteiger charge is -2.30. The van der Waals surface area contributed by atoms with E-state index in [1.54, 1.807) is 13.8 Å². The Morgan fingerprint density at radius 1 is 1.28 bits per heavy atom. The van der Waals surface area contributed by atoms with E-state index in [-0.39, 0.29) is 13.2 Å². The molecule has 18 heavy (non-hydrogen) atoms. The Kier molecular flexibility index (Phi) is 4.59. The van der Waals surface area contributed by atoms with Crippen LogP contribution >= 0.6 is 0 Å². The van der Waals surface area contributed by atoms with Gasteiger partial charge in [-0.2, -0.15) is 10.4 Å². The van der Waals surface area contributed by atoms with Crippen LogP contribution in [0.2, 0.25) is 0 Å². The Morgan fingerprint density at radius 2 is 1.89 bits per heavy atom. The molecule has 1 rings (SSSR count). The minimum atomic E-state index is -0.887. The number of rotatable bonds is 5. The summed E-state index contributed by atoms with van der Waals surface area (Å²) in [6.45, 7) is 4.90. The Labute approximate surface area is 106 Å². The van der Waals surface area contributed by atoms with E-state index in [1.807, 2.05) is 6.92 Å². The molecule has 0 saturated heterocycles. The zero-order valence-corrected chi connectivity index (χ0v) is 10.9. The Morgan fingerprint density at radius 3 is 2.33 bits per heavy atom. The summed E-state index contributed by atoms with van der Waals surface area (Å²) in [6.07, 6.45) is 0.499. The summed E-state index contributed by atoms with van der Waals surface area (Å²) >= 11 is 0. The van der Waals surface area contributed by atoms with Crippen LogP contribution in [0.5, 0.6) is 0 Å². The first-order valence-electron chi connectivity index (χ1n) is 5.77. The van der Waals surface area contributed by atoms with Crippen LogP contribution in [0.1, 0.15) is 30.2 Å². The first-order valence-corrected chi connectivity index (χ1v) is 5.77. The minimum Gasteiger partial charge on any atom is -0.394 e. The highest BCUT2D eigenvalue weighted by atomic mass is 16.3. The molecule has 1 heterocycles. The maximum Gasteiger partial charge on any atom is 0.167 e. The summed E-state index contributed by atoms with van der Waals surface area (Å²) in [7, 11) is 0. The van der Waals surface area contributed by atoms with Crippen molar-refractivity contribution >= 4 is 5.82 Å². The number of aliphatic hydroxyl groups is 2. The van der Waals surface area contributed by atoms with Crippen molar-refractivity contribution in [1.29, 1.82) is 5.26 Å². The predicted octanol–water partition coefficient (Wildman–Crippen LogP) is 0.510. The summed E-state index contributed by atoms with van der Waals surface area (Å²) < 4.78 is 0. The summed E-state index contributed by atoms with van der Waals surface area (Å²) in [6, 6.07) is 2.07. The number of aliphatic hydroxyl groups excluding tert-OH is 2. The highest BCUT2D eigenvalue weighted by Crippen LogP contribution is 2.22. The molecule has 0 aromatic carbocycles. The van der Waals surface area contributed by atoms with Gasteiger partial charge < -0.3 is 15.5 Å². The second kappa shape index (κ2) is 5.76. The second-order valence-electron chi connectivity index (χ2n) is 4.32. The van der Waals surface area contributed by atoms with Crippen LogP contribution in [0, 0.1) is 25.2 Å². The van der Waals surface area contributed by atoms with Crippen LogP contribution in [0.25, 0.3) is 0 Å². The fourth-order valence-corrected chi connectivity index (χ4v) is 1.53. The van der Waals surface area contributed by atoms with Crippen molar-refractivity contribution in [3.05, 3.63) is 16.8 Å². The quantitative estimate of drug-likeness (QED) is 0.703. The van der Waals surface area contributed by atoms with Gasteiger partial charge in [0.15, 0.2) is 5.82 Å². The topological polar surface area (TPSA) is 102 Å². The lowest BCUT2D eigenvalue weighted by molar-refractivity contribution is 0.132. The number of nitriles is 1. The van der Waals surface area contributed by atoms with Crippen LogP contribution in [0.3, 0.4) is 0 Å². The Bertz CT molecular complexity index is 456. The van der Waals surface area contributed by atoms with Gasteiger partial charge in [0.1, 0.15) is 11.6 Å². The van der Waals surface area contributed by atoms with Crippen LogP contribution in [0.4, 0.5) is 5.82 Å². The molecule has 0 amide bonds. The van der Waals surface area contributed by atoms with Crippen LogP contribution in [0.15, 0.2) is 0 Å². The molecule has 1 aromatic rings. The molecule has 0 aliphatic rings. The average molecular weight is 250 g/mol. The van der Waals surface area contributed by atoms with Crippen molar-refractivity contribution in [3.63, 3.8) is 0 Å². The SMILES string of the molecule is CCC(CO)(CO)Nc1nnc(C)c(C)c1C#N. The third-order valence-electron chi connectivity index (χ3n) is 3.23. The molecule has 0 saturated carbocycles. The molecule has 0 aliphatic heterocycles. The number of aryl methyl sites for hydroxylation is 1. The van der Waals surface area contributed by atoms with Gasteiger partial charge >= 0.3 is 0 Å². The zero-order valence-electron chi connectivity index (χ0n) is 10.9. The van der Waals surface area contributed by atoms with E-state index >= 15 is 0 Å². The predicted molar refractivity (Wildman–Crippen MR) is 67.0 cm³/mol. The van der Waals surface area contributed by atoms with Crippen LogP contribution < -0.4 is 5.32 Å². The number of anilines is 1. The second-order valence-corrected chi connectivity index (χ2v) is 4.32. The third kappa shape index (κ3) is 2.58. The van der Waals surface area contributed by atoms with Gasteiger partial charge in [0, 0.05) is 0 Å². The fourth-order valence-electron chi connectivity index (χ4n) is 1.53. The number of aromatic nitrogens is 2. The molecule has 0 spiro atoms. The zero-order chi connectivity index (χ0) is 13.8. The Hall–Kier alpha value is -1.71. The van der Waals surface area contributed by atoms with Gasteiger partial charge in [0.25, 0.3) is 0 Å². The molecule has 98 valence electrons. The van der Waals surface area contributed by atoms with Gasteiger partial charge in [-0.15, -0.1) is 5.10 Å². The van der Waals surface area contributed by atoms with Crippen molar-refractivity contribution < 1.29 is 10.2 Å². The molecule has 1 aromatic heterocycles. The van der Waals surface area contributed by atoms with Crippen molar-refractivity contribution in [2.45, 2.75) is 32.7 Å². The molecular formula is C12H18N4O2. The van der Waals surface area contributed by atoms with Crippen molar-refractivity contribution in [2.75, 3.05) is 18.5 Å². The van der Waals surface area contributed by atoms with Gasteiger partial charge in [-0.3, -0.25) is 0 Å². The highest BCUT2D eigenvalue weighted by Gasteiger charge is 2.28. The first kappa shape index (κ1) is 14.4. The third-order valence-corrected chi connectivity index (χ3v) is 3.23. The number of hydrogen-bond acceptors (Lipinski definition) is 6. The molecule has 6 nitrogen and oxygen atoms in total. The molecule has 0 fully saturated rings. The lowest BCUT2D eigenvalue weighted by atomic mass is 9.98. The summed E-state index contributed by atoms with van der Waals surface area (Å²) in [5.74, 6) is 0.297. The molecule has 3 N–H and O–H groups in total. The molecule has 0 aliphatic carbocycles. The van der Waals surface area contributed by atoms with Crippen LogP contribution in [-0.4, -0.2) is 39.2 Å². The smallest absolute Gasteiger partial charge is 0.167 e. The summed E-state index contributed by atoms with van der Waals surface area (Å²) in [5, 5.41) is 38.7. The van der Waals surface area contributed by atoms with Gasteiger partial charge in [-0.05, 0) is 25.8 Å². The van der Waals surface area contributed by atoms with Crippen molar-refractivity contribution in [1.82, 2.24) is 10.2 Å². The maximum absolute atomic E-state index is 9.37. The molecule has 0 bridgehead atoms. The minimum absolute atomic E-state index is 0.251. The van der Waals surface area contributed by atoms with E-state index < -0.39 is 5.54 Å². The number of nitrogens with one attached hydrogen (secondary N) is 1. The first-order chi connectivity index (χ1) is 8.53. The van der Waals surface area contributed by atoms with Gasteiger partial charge in [-0.25, -0.2) is 0 Å².